The van der Waals surface area contributed by atoms with Gasteiger partial charge in [-0.05, 0) is 55.0 Å². The average molecular weight is 582 g/mol. The molecule has 2 heterocycles. The molecule has 1 atom stereocenters. The van der Waals surface area contributed by atoms with Gasteiger partial charge in [0.05, 0.1) is 10.9 Å². The lowest BCUT2D eigenvalue weighted by atomic mass is 9.99. The van der Waals surface area contributed by atoms with E-state index in [0.717, 1.165) is 19.1 Å². The number of halogens is 7. The van der Waals surface area contributed by atoms with Crippen molar-refractivity contribution in [1.29, 1.82) is 0 Å². The fraction of sp³-hybridized carbons (Fsp3) is 0.222. The summed E-state index contributed by atoms with van der Waals surface area (Å²) in [5.74, 6) is -2.62. The van der Waals surface area contributed by atoms with Gasteiger partial charge in [-0.25, -0.2) is 4.39 Å². The van der Waals surface area contributed by atoms with Crippen molar-refractivity contribution < 1.29 is 44.7 Å². The molecule has 1 unspecified atom stereocenters. The molecule has 216 valence electrons. The van der Waals surface area contributed by atoms with Gasteiger partial charge in [-0.1, -0.05) is 12.1 Å². The van der Waals surface area contributed by atoms with Gasteiger partial charge in [0.25, 0.3) is 11.8 Å². The molecule has 0 radical (unpaired) electrons. The van der Waals surface area contributed by atoms with Crippen molar-refractivity contribution in [3.63, 3.8) is 0 Å². The van der Waals surface area contributed by atoms with Crippen molar-refractivity contribution in [2.24, 2.45) is 0 Å². The highest BCUT2D eigenvalue weighted by Crippen LogP contribution is 2.38. The summed E-state index contributed by atoms with van der Waals surface area (Å²) >= 11 is 0. The number of hydrogen-bond acceptors (Lipinski definition) is 5. The number of furan rings is 1. The third-order valence-corrected chi connectivity index (χ3v) is 5.97. The second-order valence-electron chi connectivity index (χ2n) is 8.92. The fourth-order valence-corrected chi connectivity index (χ4v) is 3.91. The molecule has 14 heteroatoms. The van der Waals surface area contributed by atoms with Gasteiger partial charge in [-0.3, -0.25) is 9.59 Å². The number of aromatic nitrogens is 1. The van der Waals surface area contributed by atoms with E-state index in [0.29, 0.717) is 0 Å². The van der Waals surface area contributed by atoms with Crippen LogP contribution in [0.3, 0.4) is 0 Å². The van der Waals surface area contributed by atoms with Crippen molar-refractivity contribution in [2.45, 2.75) is 25.3 Å². The number of nitrogens with one attached hydrogen (secondary N) is 3. The molecular formula is C27H21F7N4O3. The molecule has 0 spiro atoms. The number of nitrogens with zero attached hydrogens (tertiary/aromatic N) is 1. The van der Waals surface area contributed by atoms with Gasteiger partial charge in [-0.15, -0.1) is 0 Å². The minimum atomic E-state index is -4.70. The second-order valence-corrected chi connectivity index (χ2v) is 8.92. The predicted molar refractivity (Wildman–Crippen MR) is 136 cm³/mol. The van der Waals surface area contributed by atoms with E-state index in [1.54, 1.807) is 0 Å². The molecule has 2 aromatic heterocycles. The van der Waals surface area contributed by atoms with Crippen molar-refractivity contribution in [3.05, 3.63) is 71.5 Å². The fourth-order valence-electron chi connectivity index (χ4n) is 3.91. The van der Waals surface area contributed by atoms with Gasteiger partial charge in [0.15, 0.2) is 0 Å². The number of benzene rings is 2. The Hall–Kier alpha value is -4.62. The van der Waals surface area contributed by atoms with E-state index in [4.69, 9.17) is 4.42 Å². The van der Waals surface area contributed by atoms with Crippen LogP contribution in [0.1, 0.15) is 27.6 Å². The predicted octanol–water partition coefficient (Wildman–Crippen LogP) is 6.32. The molecule has 0 bridgehead atoms. The van der Waals surface area contributed by atoms with Crippen LogP contribution >= 0.6 is 0 Å². The Balaban J connectivity index is 1.89. The van der Waals surface area contributed by atoms with Crippen LogP contribution in [-0.2, 0) is 0 Å². The van der Waals surface area contributed by atoms with E-state index in [-0.39, 0.29) is 50.5 Å². The number of anilines is 1. The number of fused-ring (bicyclic) bond motifs is 1. The number of rotatable bonds is 7. The van der Waals surface area contributed by atoms with Crippen LogP contribution in [-0.4, -0.2) is 48.8 Å². The van der Waals surface area contributed by atoms with Gasteiger partial charge in [0.1, 0.15) is 30.0 Å². The van der Waals surface area contributed by atoms with Crippen LogP contribution in [0.25, 0.3) is 33.6 Å². The van der Waals surface area contributed by atoms with Crippen LogP contribution < -0.4 is 16.0 Å². The third kappa shape index (κ3) is 6.58. The molecule has 41 heavy (non-hydrogen) atoms. The van der Waals surface area contributed by atoms with E-state index in [9.17, 15) is 40.3 Å². The summed E-state index contributed by atoms with van der Waals surface area (Å²) in [5.41, 5.74) is -0.0685. The lowest BCUT2D eigenvalue weighted by Gasteiger charge is -2.17. The van der Waals surface area contributed by atoms with Crippen molar-refractivity contribution in [3.8, 4) is 22.5 Å². The van der Waals surface area contributed by atoms with Gasteiger partial charge in [0.2, 0.25) is 5.71 Å². The minimum Gasteiger partial charge on any atom is -0.437 e. The number of carbonyl (C=O) groups excluding carboxylic acids is 2. The highest BCUT2D eigenvalue weighted by Gasteiger charge is 2.37. The first-order valence-corrected chi connectivity index (χ1v) is 11.9. The number of carbonyl (C=O) groups is 2. The molecule has 4 rings (SSSR count). The van der Waals surface area contributed by atoms with E-state index in [2.05, 4.69) is 15.6 Å². The molecule has 0 aliphatic rings. The molecule has 0 aliphatic carbocycles. The van der Waals surface area contributed by atoms with Gasteiger partial charge >= 0.3 is 12.4 Å². The highest BCUT2D eigenvalue weighted by molar-refractivity contribution is 6.11. The maximum Gasteiger partial charge on any atom is 0.408 e. The summed E-state index contributed by atoms with van der Waals surface area (Å²) in [4.78, 5) is 29.6. The maximum absolute atomic E-state index is 13.5. The lowest BCUT2D eigenvalue weighted by Crippen LogP contribution is -2.43. The summed E-state index contributed by atoms with van der Waals surface area (Å²) < 4.78 is 97.4. The zero-order valence-electron chi connectivity index (χ0n) is 21.3. The van der Waals surface area contributed by atoms with Gasteiger partial charge in [-0.2, -0.15) is 31.3 Å². The van der Waals surface area contributed by atoms with E-state index < -0.39 is 42.6 Å². The number of alkyl halides is 6. The Labute approximate surface area is 227 Å². The largest absolute Gasteiger partial charge is 0.437 e. The molecule has 0 fully saturated rings. The maximum atomic E-state index is 13.5. The Bertz CT molecular complexity index is 1600. The molecule has 0 saturated carbocycles. The second kappa shape index (κ2) is 11.1. The summed E-state index contributed by atoms with van der Waals surface area (Å²) in [6, 6.07) is 9.25. The quantitative estimate of drug-likeness (QED) is 0.222. The SMILES string of the molecule is CNC(=O)c1c(-c2ccc(F)cc2)oc2nc(NCC(F)(F)F)c(-c3cccc(C(=O)NC(C)C(F)(F)F)c3)cc12. The zero-order chi connectivity index (χ0) is 30.1. The Morgan fingerprint density at radius 3 is 2.24 bits per heavy atom. The molecule has 4 aromatic rings. The average Bonchev–Trinajstić information content (AvgIpc) is 3.28. The van der Waals surface area contributed by atoms with E-state index >= 15 is 0 Å². The highest BCUT2D eigenvalue weighted by atomic mass is 19.4. The Morgan fingerprint density at radius 1 is 0.951 bits per heavy atom. The summed E-state index contributed by atoms with van der Waals surface area (Å²) in [6.07, 6.45) is -9.35. The molecular weight excluding hydrogens is 561 g/mol. The lowest BCUT2D eigenvalue weighted by molar-refractivity contribution is -0.149. The number of pyridine rings is 1. The van der Waals surface area contributed by atoms with Crippen molar-refractivity contribution in [1.82, 2.24) is 15.6 Å². The smallest absolute Gasteiger partial charge is 0.408 e. The summed E-state index contributed by atoms with van der Waals surface area (Å²) in [6.45, 7) is -0.744. The van der Waals surface area contributed by atoms with Crippen molar-refractivity contribution >= 4 is 28.7 Å². The van der Waals surface area contributed by atoms with E-state index in [1.165, 1.54) is 49.5 Å². The minimum absolute atomic E-state index is 0.00289. The molecule has 0 aliphatic heterocycles. The molecule has 2 aromatic carbocycles. The Morgan fingerprint density at radius 2 is 1.63 bits per heavy atom. The topological polar surface area (TPSA) is 96.3 Å². The number of hydrogen-bond donors (Lipinski definition) is 3. The van der Waals surface area contributed by atoms with Crippen LogP contribution in [0, 0.1) is 5.82 Å². The Kier molecular flexibility index (Phi) is 7.95. The monoisotopic (exact) mass is 582 g/mol. The van der Waals surface area contributed by atoms with Crippen LogP contribution in [0.5, 0.6) is 0 Å². The first-order valence-electron chi connectivity index (χ1n) is 11.9. The third-order valence-electron chi connectivity index (χ3n) is 5.97. The van der Waals surface area contributed by atoms with Crippen LogP contribution in [0.15, 0.2) is 59.0 Å². The zero-order valence-corrected chi connectivity index (χ0v) is 21.3. The van der Waals surface area contributed by atoms with Crippen LogP contribution in [0.2, 0.25) is 0 Å². The van der Waals surface area contributed by atoms with Crippen molar-refractivity contribution in [2.75, 3.05) is 18.9 Å². The molecule has 0 saturated heterocycles. The standard InChI is InChI=1S/C27H21F7N4O3/c1-13(27(32,33)34)37-23(39)16-5-3-4-15(10-16)18-11-19-20(24(40)35-2)21(14-6-8-17(28)9-7-14)41-25(19)38-22(18)36-12-26(29,30)31/h3-11,13H,12H2,1-2H3,(H,35,40)(H,36,38)(H,37,39). The van der Waals surface area contributed by atoms with Gasteiger partial charge in [0, 0.05) is 23.7 Å². The first kappa shape index (κ1) is 29.4. The molecule has 2 amide bonds. The summed E-state index contributed by atoms with van der Waals surface area (Å²) in [5, 5.41) is 6.52. The molecule has 7 nitrogen and oxygen atoms in total. The summed E-state index contributed by atoms with van der Waals surface area (Å²) in [7, 11) is 1.34. The van der Waals surface area contributed by atoms with Crippen LogP contribution in [0.4, 0.5) is 36.6 Å². The first-order chi connectivity index (χ1) is 19.2. The molecule has 3 N–H and O–H groups in total. The van der Waals surface area contributed by atoms with E-state index in [1.807, 2.05) is 5.32 Å². The van der Waals surface area contributed by atoms with Gasteiger partial charge < -0.3 is 20.4 Å². The number of amides is 2. The normalized spacial score (nSPS) is 12.7.